The van der Waals surface area contributed by atoms with Crippen LogP contribution in [0, 0.1) is 0 Å². The van der Waals surface area contributed by atoms with Crippen LogP contribution in [0.1, 0.15) is 12.0 Å². The maximum atomic E-state index is 12.5. The Kier molecular flexibility index (Phi) is 4.62. The lowest BCUT2D eigenvalue weighted by atomic mass is 10.1. The minimum absolute atomic E-state index is 0.0445. The second-order valence-corrected chi connectivity index (χ2v) is 7.02. The highest BCUT2D eigenvalue weighted by Gasteiger charge is 2.27. The molecule has 26 heavy (non-hydrogen) atoms. The van der Waals surface area contributed by atoms with Crippen molar-refractivity contribution in [1.82, 2.24) is 10.2 Å². The van der Waals surface area contributed by atoms with Gasteiger partial charge < -0.3 is 14.5 Å². The zero-order valence-electron chi connectivity index (χ0n) is 14.1. The molecular weight excluding hydrogens is 350 g/mol. The zero-order chi connectivity index (χ0) is 17.9. The molecule has 2 aromatic carbocycles. The highest BCUT2D eigenvalue weighted by molar-refractivity contribution is 8.00. The first kappa shape index (κ1) is 16.7. The number of nitrogens with zero attached hydrogens (tertiary/aromatic N) is 2. The quantitative estimate of drug-likeness (QED) is 0.756. The smallest absolute Gasteiger partial charge is 0.277 e. The first-order chi connectivity index (χ1) is 12.7. The van der Waals surface area contributed by atoms with E-state index in [0.29, 0.717) is 23.3 Å². The predicted molar refractivity (Wildman–Crippen MR) is 99.3 cm³/mol. The summed E-state index contributed by atoms with van der Waals surface area (Å²) in [5.74, 6) is 0.995. The second kappa shape index (κ2) is 7.21. The molecule has 0 fully saturated rings. The topological polar surface area (TPSA) is 77.3 Å². The van der Waals surface area contributed by atoms with Gasteiger partial charge in [-0.15, -0.1) is 10.2 Å². The number of hydrogen-bond acceptors (Lipinski definition) is 6. The molecule has 132 valence electrons. The summed E-state index contributed by atoms with van der Waals surface area (Å²) in [5.41, 5.74) is 2.75. The highest BCUT2D eigenvalue weighted by Crippen LogP contribution is 2.34. The van der Waals surface area contributed by atoms with Gasteiger partial charge >= 0.3 is 0 Å². The summed E-state index contributed by atoms with van der Waals surface area (Å²) in [4.78, 5) is 12.5. The van der Waals surface area contributed by atoms with Crippen LogP contribution in [-0.2, 0) is 11.2 Å². The summed E-state index contributed by atoms with van der Waals surface area (Å²) in [5, 5.41) is 11.3. The fraction of sp³-hybridized carbons (Fsp3) is 0.211. The molecule has 0 bridgehead atoms. The van der Waals surface area contributed by atoms with Gasteiger partial charge in [-0.25, -0.2) is 0 Å². The molecular formula is C19H17N3O3S. The van der Waals surface area contributed by atoms with E-state index < -0.39 is 0 Å². The SMILES string of the molecule is COc1ccccc1-c1nnc(SC2CCc3ccccc3NC2=O)o1. The normalized spacial score (nSPS) is 16.5. The molecule has 1 unspecified atom stereocenters. The fourth-order valence-corrected chi connectivity index (χ4v) is 3.77. The molecule has 1 aromatic heterocycles. The first-order valence-electron chi connectivity index (χ1n) is 8.27. The zero-order valence-corrected chi connectivity index (χ0v) is 15.0. The van der Waals surface area contributed by atoms with E-state index in [1.165, 1.54) is 11.8 Å². The van der Waals surface area contributed by atoms with E-state index in [4.69, 9.17) is 9.15 Å². The minimum Gasteiger partial charge on any atom is -0.496 e. The summed E-state index contributed by atoms with van der Waals surface area (Å²) in [6, 6.07) is 15.3. The number of para-hydroxylation sites is 2. The van der Waals surface area contributed by atoms with Crippen LogP contribution in [0.15, 0.2) is 58.2 Å². The molecule has 7 heteroatoms. The number of ether oxygens (including phenoxy) is 1. The summed E-state index contributed by atoms with van der Waals surface area (Å²) in [7, 11) is 1.60. The number of methoxy groups -OCH3 is 1. The molecule has 0 aliphatic carbocycles. The number of aromatic nitrogens is 2. The van der Waals surface area contributed by atoms with Crippen LogP contribution >= 0.6 is 11.8 Å². The molecule has 1 aliphatic heterocycles. The average molecular weight is 367 g/mol. The average Bonchev–Trinajstić information content (AvgIpc) is 3.08. The number of aryl methyl sites for hydroxylation is 1. The lowest BCUT2D eigenvalue weighted by Crippen LogP contribution is -2.23. The Morgan fingerprint density at radius 1 is 1.15 bits per heavy atom. The Hall–Kier alpha value is -2.80. The Morgan fingerprint density at radius 2 is 1.96 bits per heavy atom. The first-order valence-corrected chi connectivity index (χ1v) is 9.15. The van der Waals surface area contributed by atoms with Gasteiger partial charge in [-0.05, 0) is 36.6 Å². The van der Waals surface area contributed by atoms with E-state index in [-0.39, 0.29) is 11.2 Å². The van der Waals surface area contributed by atoms with E-state index in [1.54, 1.807) is 7.11 Å². The molecule has 4 rings (SSSR count). The molecule has 0 spiro atoms. The van der Waals surface area contributed by atoms with E-state index in [0.717, 1.165) is 23.2 Å². The Labute approximate surface area is 155 Å². The van der Waals surface area contributed by atoms with Gasteiger partial charge in [0.1, 0.15) is 5.75 Å². The fourth-order valence-electron chi connectivity index (χ4n) is 2.91. The van der Waals surface area contributed by atoms with Gasteiger partial charge in [0, 0.05) is 5.69 Å². The van der Waals surface area contributed by atoms with E-state index in [9.17, 15) is 4.79 Å². The maximum Gasteiger partial charge on any atom is 0.277 e. The van der Waals surface area contributed by atoms with Crippen LogP contribution in [0.5, 0.6) is 5.75 Å². The minimum atomic E-state index is -0.284. The number of nitrogens with one attached hydrogen (secondary N) is 1. The summed E-state index contributed by atoms with van der Waals surface area (Å²) in [6.07, 6.45) is 1.53. The van der Waals surface area contributed by atoms with Gasteiger partial charge in [0.05, 0.1) is 17.9 Å². The molecule has 0 radical (unpaired) electrons. The van der Waals surface area contributed by atoms with Crippen LogP contribution in [0.2, 0.25) is 0 Å². The molecule has 3 aromatic rings. The largest absolute Gasteiger partial charge is 0.496 e. The molecule has 0 saturated heterocycles. The van der Waals surface area contributed by atoms with Gasteiger partial charge in [0.25, 0.3) is 11.1 Å². The molecule has 6 nitrogen and oxygen atoms in total. The van der Waals surface area contributed by atoms with E-state index in [2.05, 4.69) is 15.5 Å². The summed E-state index contributed by atoms with van der Waals surface area (Å²) in [6.45, 7) is 0. The van der Waals surface area contributed by atoms with Gasteiger partial charge in [-0.2, -0.15) is 0 Å². The summed E-state index contributed by atoms with van der Waals surface area (Å²) >= 11 is 1.29. The molecule has 1 amide bonds. The van der Waals surface area contributed by atoms with Crippen molar-refractivity contribution in [2.24, 2.45) is 0 Å². The Morgan fingerprint density at radius 3 is 2.85 bits per heavy atom. The standard InChI is InChI=1S/C19H17N3O3S/c1-24-15-9-5-3-7-13(15)18-21-22-19(25-18)26-16-11-10-12-6-2-4-8-14(12)20-17(16)23/h2-9,16H,10-11H2,1H3,(H,20,23). The van der Waals surface area contributed by atoms with Crippen molar-refractivity contribution >= 4 is 23.4 Å². The van der Waals surface area contributed by atoms with E-state index >= 15 is 0 Å². The molecule has 1 N–H and O–H groups in total. The third kappa shape index (κ3) is 3.30. The van der Waals surface area contributed by atoms with Gasteiger partial charge in [-0.1, -0.05) is 42.1 Å². The van der Waals surface area contributed by atoms with Crippen LogP contribution in [0.25, 0.3) is 11.5 Å². The van der Waals surface area contributed by atoms with Crippen molar-refractivity contribution < 1.29 is 13.9 Å². The van der Waals surface area contributed by atoms with E-state index in [1.807, 2.05) is 48.5 Å². The van der Waals surface area contributed by atoms with Gasteiger partial charge in [0.2, 0.25) is 5.91 Å². The van der Waals surface area contributed by atoms with Crippen molar-refractivity contribution in [2.75, 3.05) is 12.4 Å². The lowest BCUT2D eigenvalue weighted by molar-refractivity contribution is -0.115. The monoisotopic (exact) mass is 367 g/mol. The molecule has 1 aliphatic rings. The van der Waals surface area contributed by atoms with Crippen molar-refractivity contribution in [3.8, 4) is 17.2 Å². The van der Waals surface area contributed by atoms with Crippen molar-refractivity contribution in [3.05, 3.63) is 54.1 Å². The number of benzene rings is 2. The third-order valence-electron chi connectivity index (χ3n) is 4.23. The van der Waals surface area contributed by atoms with Crippen molar-refractivity contribution in [3.63, 3.8) is 0 Å². The van der Waals surface area contributed by atoms with Crippen LogP contribution in [0.3, 0.4) is 0 Å². The van der Waals surface area contributed by atoms with Crippen molar-refractivity contribution in [1.29, 1.82) is 0 Å². The van der Waals surface area contributed by atoms with Crippen LogP contribution in [0.4, 0.5) is 5.69 Å². The number of carbonyl (C=O) groups excluding carboxylic acids is 1. The maximum absolute atomic E-state index is 12.5. The molecule has 2 heterocycles. The molecule has 0 saturated carbocycles. The van der Waals surface area contributed by atoms with Gasteiger partial charge in [0.15, 0.2) is 0 Å². The number of rotatable bonds is 4. The third-order valence-corrected chi connectivity index (χ3v) is 5.33. The van der Waals surface area contributed by atoms with Crippen molar-refractivity contribution in [2.45, 2.75) is 23.3 Å². The number of hydrogen-bond donors (Lipinski definition) is 1. The van der Waals surface area contributed by atoms with Crippen LogP contribution < -0.4 is 10.1 Å². The Balaban J connectivity index is 1.52. The van der Waals surface area contributed by atoms with Crippen LogP contribution in [-0.4, -0.2) is 28.5 Å². The number of thioether (sulfide) groups is 1. The second-order valence-electron chi connectivity index (χ2n) is 5.86. The lowest BCUT2D eigenvalue weighted by Gasteiger charge is -2.09. The highest BCUT2D eigenvalue weighted by atomic mass is 32.2. The molecule has 1 atom stereocenters. The number of carbonyl (C=O) groups is 1. The number of anilines is 1. The van der Waals surface area contributed by atoms with Gasteiger partial charge in [-0.3, -0.25) is 4.79 Å². The number of fused-ring (bicyclic) bond motifs is 1. The number of amides is 1. The Bertz CT molecular complexity index is 941. The predicted octanol–water partition coefficient (Wildman–Crippen LogP) is 3.79. The summed E-state index contributed by atoms with van der Waals surface area (Å²) < 4.78 is 11.1.